The summed E-state index contributed by atoms with van der Waals surface area (Å²) >= 11 is 1.46. The van der Waals surface area contributed by atoms with Crippen LogP contribution in [0.2, 0.25) is 0 Å². The summed E-state index contributed by atoms with van der Waals surface area (Å²) in [6.45, 7) is 0. The van der Waals surface area contributed by atoms with E-state index in [0.29, 0.717) is 5.17 Å². The van der Waals surface area contributed by atoms with Crippen molar-refractivity contribution in [3.8, 4) is 0 Å². The third kappa shape index (κ3) is 4.85. The van der Waals surface area contributed by atoms with Crippen LogP contribution in [-0.4, -0.2) is 11.4 Å². The predicted octanol–water partition coefficient (Wildman–Crippen LogP) is 3.96. The Kier molecular flexibility index (Phi) is 8.59. The number of halogens is 2. The third-order valence-electron chi connectivity index (χ3n) is 3.62. The Hall–Kier alpha value is -0.420. The Balaban J connectivity index is 0.00000180. The summed E-state index contributed by atoms with van der Waals surface area (Å²) in [5.74, 6) is 0. The van der Waals surface area contributed by atoms with Gasteiger partial charge in [-0.25, -0.2) is 4.99 Å². The SMILES string of the molecule is CSC(N)=Nc1cccc(C2(N)CCCCC2)c1.Cl.Cl. The first-order valence-corrected chi connectivity index (χ1v) is 7.64. The van der Waals surface area contributed by atoms with E-state index in [4.69, 9.17) is 11.5 Å². The van der Waals surface area contributed by atoms with E-state index >= 15 is 0 Å². The van der Waals surface area contributed by atoms with Gasteiger partial charge in [0.05, 0.1) is 5.69 Å². The van der Waals surface area contributed by atoms with Crippen molar-refractivity contribution in [2.45, 2.75) is 37.6 Å². The lowest BCUT2D eigenvalue weighted by Gasteiger charge is -2.34. The molecular weight excluding hydrogens is 313 g/mol. The fourth-order valence-corrected chi connectivity index (χ4v) is 2.73. The summed E-state index contributed by atoms with van der Waals surface area (Å²) in [5.41, 5.74) is 14.2. The maximum atomic E-state index is 6.53. The number of benzene rings is 1. The van der Waals surface area contributed by atoms with E-state index in [9.17, 15) is 0 Å². The van der Waals surface area contributed by atoms with Gasteiger partial charge in [-0.1, -0.05) is 43.2 Å². The molecular formula is C14H23Cl2N3S. The predicted molar refractivity (Wildman–Crippen MR) is 94.7 cm³/mol. The van der Waals surface area contributed by atoms with Crippen LogP contribution in [0.4, 0.5) is 5.69 Å². The summed E-state index contributed by atoms with van der Waals surface area (Å²) in [5, 5.41) is 0.585. The first-order chi connectivity index (χ1) is 8.64. The highest BCUT2D eigenvalue weighted by molar-refractivity contribution is 8.13. The van der Waals surface area contributed by atoms with Gasteiger partial charge in [0.25, 0.3) is 0 Å². The lowest BCUT2D eigenvalue weighted by molar-refractivity contribution is 0.302. The lowest BCUT2D eigenvalue weighted by Crippen LogP contribution is -2.38. The molecule has 1 aliphatic rings. The molecule has 0 heterocycles. The highest BCUT2D eigenvalue weighted by Gasteiger charge is 2.29. The van der Waals surface area contributed by atoms with E-state index in [2.05, 4.69) is 17.1 Å². The van der Waals surface area contributed by atoms with E-state index in [1.54, 1.807) is 0 Å². The molecule has 0 amide bonds. The monoisotopic (exact) mass is 335 g/mol. The summed E-state index contributed by atoms with van der Waals surface area (Å²) in [6.07, 6.45) is 7.80. The van der Waals surface area contributed by atoms with Crippen molar-refractivity contribution in [2.24, 2.45) is 16.5 Å². The molecule has 1 saturated carbocycles. The van der Waals surface area contributed by atoms with Crippen molar-refractivity contribution in [3.63, 3.8) is 0 Å². The van der Waals surface area contributed by atoms with Gasteiger partial charge in [0, 0.05) is 5.54 Å². The van der Waals surface area contributed by atoms with Crippen LogP contribution in [0.15, 0.2) is 29.3 Å². The number of amidine groups is 1. The number of thioether (sulfide) groups is 1. The largest absolute Gasteiger partial charge is 0.378 e. The lowest BCUT2D eigenvalue weighted by atomic mass is 9.77. The number of aliphatic imine (C=N–C) groups is 1. The first kappa shape index (κ1) is 19.6. The summed E-state index contributed by atoms with van der Waals surface area (Å²) in [6, 6.07) is 8.18. The molecule has 4 N–H and O–H groups in total. The quantitative estimate of drug-likeness (QED) is 0.635. The molecule has 0 spiro atoms. The molecule has 2 rings (SSSR count). The van der Waals surface area contributed by atoms with Crippen LogP contribution in [0.1, 0.15) is 37.7 Å². The van der Waals surface area contributed by atoms with Crippen molar-refractivity contribution in [3.05, 3.63) is 29.8 Å². The van der Waals surface area contributed by atoms with E-state index in [-0.39, 0.29) is 30.4 Å². The minimum absolute atomic E-state index is 0. The second-order valence-corrected chi connectivity index (χ2v) is 5.75. The fraction of sp³-hybridized carbons (Fsp3) is 0.500. The Morgan fingerprint density at radius 1 is 1.20 bits per heavy atom. The number of rotatable bonds is 2. The van der Waals surface area contributed by atoms with Gasteiger partial charge < -0.3 is 11.5 Å². The van der Waals surface area contributed by atoms with Gasteiger partial charge in [0.1, 0.15) is 0 Å². The maximum absolute atomic E-state index is 6.53. The normalized spacial score (nSPS) is 17.8. The van der Waals surface area contributed by atoms with Gasteiger partial charge in [-0.2, -0.15) is 0 Å². The molecule has 0 aromatic heterocycles. The molecule has 1 aliphatic carbocycles. The van der Waals surface area contributed by atoms with Gasteiger partial charge >= 0.3 is 0 Å². The van der Waals surface area contributed by atoms with Crippen LogP contribution >= 0.6 is 36.6 Å². The average Bonchev–Trinajstić information content (AvgIpc) is 2.40. The second kappa shape index (κ2) is 8.78. The second-order valence-electron chi connectivity index (χ2n) is 4.92. The zero-order chi connectivity index (χ0) is 13.0. The standard InChI is InChI=1S/C14H21N3S.2ClH/c1-18-13(15)17-12-7-5-6-11(10-12)14(16)8-3-2-4-9-14;;/h5-7,10H,2-4,8-9,16H2,1H3,(H2,15,17);2*1H. The van der Waals surface area contributed by atoms with Crippen molar-refractivity contribution >= 4 is 47.4 Å². The molecule has 0 saturated heterocycles. The molecule has 1 aromatic rings. The number of nitrogens with zero attached hydrogens (tertiary/aromatic N) is 1. The van der Waals surface area contributed by atoms with Crippen molar-refractivity contribution < 1.29 is 0 Å². The maximum Gasteiger partial charge on any atom is 0.158 e. The molecule has 0 bridgehead atoms. The number of nitrogens with two attached hydrogens (primary N) is 2. The highest BCUT2D eigenvalue weighted by atomic mass is 35.5. The van der Waals surface area contributed by atoms with E-state index in [0.717, 1.165) is 18.5 Å². The van der Waals surface area contributed by atoms with Gasteiger partial charge in [-0.3, -0.25) is 0 Å². The topological polar surface area (TPSA) is 64.4 Å². The summed E-state index contributed by atoms with van der Waals surface area (Å²) < 4.78 is 0. The molecule has 114 valence electrons. The molecule has 0 unspecified atom stereocenters. The summed E-state index contributed by atoms with van der Waals surface area (Å²) in [7, 11) is 0. The Labute approximate surface area is 137 Å². The molecule has 1 fully saturated rings. The zero-order valence-electron chi connectivity index (χ0n) is 11.7. The van der Waals surface area contributed by atoms with Crippen molar-refractivity contribution in [1.29, 1.82) is 0 Å². The summed E-state index contributed by atoms with van der Waals surface area (Å²) in [4.78, 5) is 4.37. The van der Waals surface area contributed by atoms with Crippen molar-refractivity contribution in [1.82, 2.24) is 0 Å². The van der Waals surface area contributed by atoms with Crippen LogP contribution in [0, 0.1) is 0 Å². The van der Waals surface area contributed by atoms with E-state index in [1.165, 1.54) is 36.6 Å². The highest BCUT2D eigenvalue weighted by Crippen LogP contribution is 2.35. The Morgan fingerprint density at radius 2 is 1.85 bits per heavy atom. The minimum atomic E-state index is -0.169. The molecule has 3 nitrogen and oxygen atoms in total. The molecule has 6 heteroatoms. The number of hydrogen-bond acceptors (Lipinski definition) is 3. The number of hydrogen-bond donors (Lipinski definition) is 2. The molecule has 1 aromatic carbocycles. The van der Waals surface area contributed by atoms with E-state index in [1.807, 2.05) is 18.4 Å². The molecule has 0 aliphatic heterocycles. The minimum Gasteiger partial charge on any atom is -0.378 e. The Morgan fingerprint density at radius 3 is 2.45 bits per heavy atom. The van der Waals surface area contributed by atoms with Crippen LogP contribution in [0.3, 0.4) is 0 Å². The van der Waals surface area contributed by atoms with Gasteiger partial charge in [0.15, 0.2) is 5.17 Å². The van der Waals surface area contributed by atoms with Gasteiger partial charge in [-0.15, -0.1) is 24.8 Å². The smallest absolute Gasteiger partial charge is 0.158 e. The van der Waals surface area contributed by atoms with E-state index < -0.39 is 0 Å². The van der Waals surface area contributed by atoms with Crippen LogP contribution in [-0.2, 0) is 5.54 Å². The Bertz CT molecular complexity index is 446. The zero-order valence-corrected chi connectivity index (χ0v) is 14.1. The van der Waals surface area contributed by atoms with Gasteiger partial charge in [-0.05, 0) is 36.8 Å². The fourth-order valence-electron chi connectivity index (χ4n) is 2.53. The van der Waals surface area contributed by atoms with Crippen molar-refractivity contribution in [2.75, 3.05) is 6.26 Å². The molecule has 20 heavy (non-hydrogen) atoms. The van der Waals surface area contributed by atoms with Gasteiger partial charge in [0.2, 0.25) is 0 Å². The average molecular weight is 336 g/mol. The first-order valence-electron chi connectivity index (χ1n) is 6.42. The van der Waals surface area contributed by atoms with Crippen LogP contribution in [0.5, 0.6) is 0 Å². The molecule has 0 radical (unpaired) electrons. The molecule has 0 atom stereocenters. The third-order valence-corrected chi connectivity index (χ3v) is 4.12. The van der Waals surface area contributed by atoms with Crippen LogP contribution in [0.25, 0.3) is 0 Å². The van der Waals surface area contributed by atoms with Crippen LogP contribution < -0.4 is 11.5 Å².